The molecule has 1 N–H and O–H groups in total. The third-order valence-electron chi connectivity index (χ3n) is 4.38. The highest BCUT2D eigenvalue weighted by atomic mass is 16.5. The fraction of sp³-hybridized carbons (Fsp3) is 0.300. The van der Waals surface area contributed by atoms with Gasteiger partial charge < -0.3 is 19.9 Å². The lowest BCUT2D eigenvalue weighted by atomic mass is 10.1. The van der Waals surface area contributed by atoms with Gasteiger partial charge in [-0.25, -0.2) is 0 Å². The summed E-state index contributed by atoms with van der Waals surface area (Å²) in [6.45, 7) is 3.00. The zero-order valence-corrected chi connectivity index (χ0v) is 14.9. The average molecular weight is 353 g/mol. The largest absolute Gasteiger partial charge is 0.375 e. The van der Waals surface area contributed by atoms with E-state index in [2.05, 4.69) is 10.2 Å². The predicted molar refractivity (Wildman–Crippen MR) is 102 cm³/mol. The van der Waals surface area contributed by atoms with Crippen molar-refractivity contribution in [3.63, 3.8) is 0 Å². The first-order valence-corrected chi connectivity index (χ1v) is 8.65. The lowest BCUT2D eigenvalue weighted by Gasteiger charge is -2.36. The number of nitrogens with zero attached hydrogens (tertiary/aromatic N) is 2. The van der Waals surface area contributed by atoms with Crippen molar-refractivity contribution in [2.45, 2.75) is 0 Å². The molecular formula is C20H23N3O3. The van der Waals surface area contributed by atoms with Gasteiger partial charge >= 0.3 is 0 Å². The first kappa shape index (κ1) is 17.9. The normalized spacial score (nSPS) is 14.2. The summed E-state index contributed by atoms with van der Waals surface area (Å²) in [6, 6.07) is 17.1. The van der Waals surface area contributed by atoms with Gasteiger partial charge in [0.1, 0.15) is 6.61 Å². The standard InChI is InChI=1S/C20H23N3O3/c1-26-15-19(24)21-17-7-9-18(10-8-17)22-11-13-23(14-12-22)20(25)16-5-3-2-4-6-16/h2-10H,11-15H2,1H3,(H,21,24). The van der Waals surface area contributed by atoms with Crippen LogP contribution in [-0.2, 0) is 9.53 Å². The quantitative estimate of drug-likeness (QED) is 0.895. The first-order valence-electron chi connectivity index (χ1n) is 8.65. The Labute approximate surface area is 153 Å². The Morgan fingerprint density at radius 2 is 1.62 bits per heavy atom. The maximum Gasteiger partial charge on any atom is 0.253 e. The van der Waals surface area contributed by atoms with Crippen LogP contribution in [0.25, 0.3) is 0 Å². The maximum atomic E-state index is 12.5. The Morgan fingerprint density at radius 1 is 0.962 bits per heavy atom. The second-order valence-electron chi connectivity index (χ2n) is 6.17. The number of piperazine rings is 1. The minimum atomic E-state index is -0.173. The summed E-state index contributed by atoms with van der Waals surface area (Å²) in [4.78, 5) is 28.2. The molecule has 0 saturated carbocycles. The highest BCUT2D eigenvalue weighted by Gasteiger charge is 2.22. The van der Waals surface area contributed by atoms with E-state index in [1.54, 1.807) is 0 Å². The molecule has 2 amide bonds. The topological polar surface area (TPSA) is 61.9 Å². The Hall–Kier alpha value is -2.86. The Bertz CT molecular complexity index is 739. The third kappa shape index (κ3) is 4.40. The number of hydrogen-bond donors (Lipinski definition) is 1. The number of hydrogen-bond acceptors (Lipinski definition) is 4. The molecule has 2 aromatic carbocycles. The van der Waals surface area contributed by atoms with Crippen LogP contribution >= 0.6 is 0 Å². The van der Waals surface area contributed by atoms with Crippen LogP contribution < -0.4 is 10.2 Å². The van der Waals surface area contributed by atoms with Crippen LogP contribution in [0.1, 0.15) is 10.4 Å². The molecule has 1 saturated heterocycles. The molecular weight excluding hydrogens is 330 g/mol. The van der Waals surface area contributed by atoms with Gasteiger partial charge in [-0.3, -0.25) is 9.59 Å². The summed E-state index contributed by atoms with van der Waals surface area (Å²) in [5, 5.41) is 2.78. The van der Waals surface area contributed by atoms with E-state index in [-0.39, 0.29) is 18.4 Å². The number of nitrogens with one attached hydrogen (secondary N) is 1. The summed E-state index contributed by atoms with van der Waals surface area (Å²) >= 11 is 0. The van der Waals surface area contributed by atoms with E-state index >= 15 is 0 Å². The van der Waals surface area contributed by atoms with Crippen LogP contribution in [0.3, 0.4) is 0 Å². The molecule has 0 aromatic heterocycles. The van der Waals surface area contributed by atoms with Crippen molar-refractivity contribution >= 4 is 23.2 Å². The van der Waals surface area contributed by atoms with Crippen LogP contribution in [0.5, 0.6) is 0 Å². The van der Waals surface area contributed by atoms with E-state index in [1.807, 2.05) is 59.5 Å². The number of benzene rings is 2. The van der Waals surface area contributed by atoms with Gasteiger partial charge in [-0.1, -0.05) is 18.2 Å². The van der Waals surface area contributed by atoms with Crippen molar-refractivity contribution < 1.29 is 14.3 Å². The number of methoxy groups -OCH3 is 1. The fourth-order valence-electron chi connectivity index (χ4n) is 3.01. The summed E-state index contributed by atoms with van der Waals surface area (Å²) in [7, 11) is 1.49. The zero-order valence-electron chi connectivity index (χ0n) is 14.9. The number of amides is 2. The molecule has 0 bridgehead atoms. The lowest BCUT2D eigenvalue weighted by Crippen LogP contribution is -2.48. The molecule has 1 aliphatic heterocycles. The van der Waals surface area contributed by atoms with Crippen molar-refractivity contribution in [3.05, 3.63) is 60.2 Å². The molecule has 6 heteroatoms. The molecule has 1 fully saturated rings. The van der Waals surface area contributed by atoms with Gasteiger partial charge in [-0.2, -0.15) is 0 Å². The molecule has 0 aliphatic carbocycles. The highest BCUT2D eigenvalue weighted by molar-refractivity contribution is 5.94. The van der Waals surface area contributed by atoms with Crippen LogP contribution in [-0.4, -0.2) is 56.6 Å². The molecule has 136 valence electrons. The number of anilines is 2. The van der Waals surface area contributed by atoms with Gasteiger partial charge in [0.15, 0.2) is 0 Å². The number of carbonyl (C=O) groups excluding carboxylic acids is 2. The minimum absolute atomic E-state index is 0.0408. The molecule has 0 unspecified atom stereocenters. The predicted octanol–water partition coefficient (Wildman–Crippen LogP) is 2.23. The van der Waals surface area contributed by atoms with E-state index in [9.17, 15) is 9.59 Å². The molecule has 6 nitrogen and oxygen atoms in total. The summed E-state index contributed by atoms with van der Waals surface area (Å²) in [5.41, 5.74) is 2.56. The molecule has 1 aliphatic rings. The molecule has 0 radical (unpaired) electrons. The third-order valence-corrected chi connectivity index (χ3v) is 4.38. The van der Waals surface area contributed by atoms with Gasteiger partial charge in [0.25, 0.3) is 5.91 Å². The van der Waals surface area contributed by atoms with E-state index in [0.29, 0.717) is 13.1 Å². The molecule has 0 atom stereocenters. The number of rotatable bonds is 5. The highest BCUT2D eigenvalue weighted by Crippen LogP contribution is 2.20. The number of carbonyl (C=O) groups is 2. The Balaban J connectivity index is 1.55. The van der Waals surface area contributed by atoms with Crippen molar-refractivity contribution in [1.82, 2.24) is 4.90 Å². The maximum absolute atomic E-state index is 12.5. The van der Waals surface area contributed by atoms with Crippen molar-refractivity contribution in [2.24, 2.45) is 0 Å². The Kier molecular flexibility index (Phi) is 5.86. The van der Waals surface area contributed by atoms with Gasteiger partial charge in [0.05, 0.1) is 0 Å². The summed E-state index contributed by atoms with van der Waals surface area (Å²) in [6.07, 6.45) is 0. The molecule has 26 heavy (non-hydrogen) atoms. The van der Waals surface area contributed by atoms with Crippen molar-refractivity contribution in [1.29, 1.82) is 0 Å². The van der Waals surface area contributed by atoms with Crippen LogP contribution in [0.2, 0.25) is 0 Å². The smallest absolute Gasteiger partial charge is 0.253 e. The number of ether oxygens (including phenoxy) is 1. The zero-order chi connectivity index (χ0) is 18.4. The van der Waals surface area contributed by atoms with Crippen LogP contribution in [0.15, 0.2) is 54.6 Å². The van der Waals surface area contributed by atoms with Gasteiger partial charge in [-0.15, -0.1) is 0 Å². The molecule has 0 spiro atoms. The Morgan fingerprint density at radius 3 is 2.23 bits per heavy atom. The molecule has 1 heterocycles. The van der Waals surface area contributed by atoms with Gasteiger partial charge in [0.2, 0.25) is 5.91 Å². The molecule has 3 rings (SSSR count). The second-order valence-corrected chi connectivity index (χ2v) is 6.17. The first-order chi connectivity index (χ1) is 12.7. The van der Waals surface area contributed by atoms with Crippen molar-refractivity contribution in [2.75, 3.05) is 50.1 Å². The average Bonchev–Trinajstić information content (AvgIpc) is 2.69. The summed E-state index contributed by atoms with van der Waals surface area (Å²) in [5.74, 6) is -0.0882. The van der Waals surface area contributed by atoms with E-state index in [0.717, 1.165) is 30.0 Å². The van der Waals surface area contributed by atoms with Crippen LogP contribution in [0.4, 0.5) is 11.4 Å². The fourth-order valence-corrected chi connectivity index (χ4v) is 3.01. The van der Waals surface area contributed by atoms with E-state index in [4.69, 9.17) is 4.74 Å². The van der Waals surface area contributed by atoms with Crippen molar-refractivity contribution in [3.8, 4) is 0 Å². The summed E-state index contributed by atoms with van der Waals surface area (Å²) < 4.78 is 4.80. The van der Waals surface area contributed by atoms with Crippen LogP contribution in [0, 0.1) is 0 Å². The lowest BCUT2D eigenvalue weighted by molar-refractivity contribution is -0.119. The minimum Gasteiger partial charge on any atom is -0.375 e. The second kappa shape index (κ2) is 8.49. The van der Waals surface area contributed by atoms with E-state index in [1.165, 1.54) is 7.11 Å². The SMILES string of the molecule is COCC(=O)Nc1ccc(N2CCN(C(=O)c3ccccc3)CC2)cc1. The van der Waals surface area contributed by atoms with Gasteiger partial charge in [-0.05, 0) is 36.4 Å². The van der Waals surface area contributed by atoms with Gasteiger partial charge in [0, 0.05) is 50.2 Å². The van der Waals surface area contributed by atoms with E-state index < -0.39 is 0 Å². The monoisotopic (exact) mass is 353 g/mol. The molecule has 2 aromatic rings.